The molecular weight excluding hydrogens is 320 g/mol. The van der Waals surface area contributed by atoms with Crippen LogP contribution in [0.25, 0.3) is 0 Å². The predicted molar refractivity (Wildman–Crippen MR) is 94.7 cm³/mol. The lowest BCUT2D eigenvalue weighted by molar-refractivity contribution is -0.146. The van der Waals surface area contributed by atoms with E-state index in [2.05, 4.69) is 5.32 Å². The van der Waals surface area contributed by atoms with E-state index in [4.69, 9.17) is 4.74 Å². The maximum absolute atomic E-state index is 12.6. The number of hydrogen-bond donors (Lipinski definition) is 1. The Balaban J connectivity index is 1.95. The fourth-order valence-electron chi connectivity index (χ4n) is 3.95. The van der Waals surface area contributed by atoms with Crippen molar-refractivity contribution in [1.29, 1.82) is 0 Å². The molecule has 2 unspecified atom stereocenters. The van der Waals surface area contributed by atoms with Crippen molar-refractivity contribution in [2.45, 2.75) is 77.3 Å². The number of amides is 2. The third-order valence-electron chi connectivity index (χ3n) is 5.30. The zero-order valence-electron chi connectivity index (χ0n) is 15.8. The van der Waals surface area contributed by atoms with Gasteiger partial charge in [0.15, 0.2) is 0 Å². The molecule has 0 aromatic carbocycles. The average molecular weight is 352 g/mol. The van der Waals surface area contributed by atoms with Gasteiger partial charge < -0.3 is 15.0 Å². The molecule has 1 N–H and O–H groups in total. The van der Waals surface area contributed by atoms with Crippen LogP contribution in [0.3, 0.4) is 0 Å². The van der Waals surface area contributed by atoms with E-state index in [9.17, 15) is 14.4 Å². The van der Waals surface area contributed by atoms with Gasteiger partial charge in [0.1, 0.15) is 6.04 Å². The Morgan fingerprint density at radius 2 is 1.84 bits per heavy atom. The summed E-state index contributed by atoms with van der Waals surface area (Å²) in [6, 6.07) is -0.362. The quantitative estimate of drug-likeness (QED) is 0.588. The second kappa shape index (κ2) is 9.20. The summed E-state index contributed by atoms with van der Waals surface area (Å²) < 4.78 is 4.80. The summed E-state index contributed by atoms with van der Waals surface area (Å²) in [5.74, 6) is -0.662. The van der Waals surface area contributed by atoms with Crippen molar-refractivity contribution in [3.8, 4) is 0 Å². The van der Waals surface area contributed by atoms with Gasteiger partial charge in [-0.25, -0.2) is 4.79 Å². The van der Waals surface area contributed by atoms with Crippen molar-refractivity contribution in [2.75, 3.05) is 13.7 Å². The highest BCUT2D eigenvalue weighted by Crippen LogP contribution is 2.28. The molecular formula is C19H32N2O4. The number of carbonyl (C=O) groups is 3. The number of likely N-dealkylation sites (tertiary alicyclic amines) is 1. The number of nitrogens with one attached hydrogen (secondary N) is 1. The Hall–Kier alpha value is -1.59. The van der Waals surface area contributed by atoms with Crippen LogP contribution in [0.1, 0.15) is 65.2 Å². The van der Waals surface area contributed by atoms with E-state index in [-0.39, 0.29) is 36.1 Å². The number of carbonyl (C=O) groups excluding carboxylic acids is 3. The fourth-order valence-corrected chi connectivity index (χ4v) is 3.95. The Kier molecular flexibility index (Phi) is 7.26. The Bertz CT molecular complexity index is 484. The molecule has 2 rings (SSSR count). The molecule has 2 amide bonds. The topological polar surface area (TPSA) is 75.7 Å². The zero-order valence-corrected chi connectivity index (χ0v) is 15.8. The molecule has 1 saturated heterocycles. The Morgan fingerprint density at radius 1 is 1.20 bits per heavy atom. The fraction of sp³-hybridized carbons (Fsp3) is 0.842. The number of esters is 1. The summed E-state index contributed by atoms with van der Waals surface area (Å²) >= 11 is 0. The van der Waals surface area contributed by atoms with Crippen LogP contribution in [-0.4, -0.2) is 48.4 Å². The highest BCUT2D eigenvalue weighted by molar-refractivity contribution is 5.91. The molecule has 2 atom stereocenters. The molecule has 0 aromatic rings. The van der Waals surface area contributed by atoms with Gasteiger partial charge in [-0.15, -0.1) is 0 Å². The summed E-state index contributed by atoms with van der Waals surface area (Å²) in [5, 5.41) is 2.80. The molecule has 1 aliphatic heterocycles. The van der Waals surface area contributed by atoms with E-state index in [1.54, 1.807) is 0 Å². The van der Waals surface area contributed by atoms with Gasteiger partial charge in [0.2, 0.25) is 11.8 Å². The van der Waals surface area contributed by atoms with E-state index < -0.39 is 12.0 Å². The molecule has 0 spiro atoms. The van der Waals surface area contributed by atoms with Crippen molar-refractivity contribution in [2.24, 2.45) is 11.8 Å². The molecule has 142 valence electrons. The van der Waals surface area contributed by atoms with Gasteiger partial charge in [-0.2, -0.15) is 0 Å². The molecule has 0 bridgehead atoms. The highest BCUT2D eigenvalue weighted by atomic mass is 16.5. The summed E-state index contributed by atoms with van der Waals surface area (Å²) in [4.78, 5) is 38.8. The van der Waals surface area contributed by atoms with Gasteiger partial charge >= 0.3 is 5.97 Å². The maximum Gasteiger partial charge on any atom is 0.328 e. The number of rotatable bonds is 6. The van der Waals surface area contributed by atoms with Gasteiger partial charge in [-0.05, 0) is 25.2 Å². The second-order valence-corrected chi connectivity index (χ2v) is 7.81. The highest BCUT2D eigenvalue weighted by Gasteiger charge is 2.39. The van der Waals surface area contributed by atoms with E-state index in [0.717, 1.165) is 25.7 Å². The van der Waals surface area contributed by atoms with Crippen molar-refractivity contribution in [1.82, 2.24) is 10.2 Å². The molecule has 1 aliphatic carbocycles. The van der Waals surface area contributed by atoms with Crippen LogP contribution >= 0.6 is 0 Å². The largest absolute Gasteiger partial charge is 0.467 e. The number of methoxy groups -OCH3 is 1. The van der Waals surface area contributed by atoms with Crippen LogP contribution in [0.2, 0.25) is 0 Å². The third kappa shape index (κ3) is 5.44. The molecule has 2 fully saturated rings. The van der Waals surface area contributed by atoms with Gasteiger partial charge in [0, 0.05) is 19.0 Å². The number of ether oxygens (including phenoxy) is 1. The molecule has 6 heteroatoms. The molecule has 1 heterocycles. The smallest absolute Gasteiger partial charge is 0.328 e. The SMILES string of the molecule is COC(=O)C(CC(C)C)NC(=O)C1CC(=O)N(C2CCCCCC2)C1. The van der Waals surface area contributed by atoms with Crippen LogP contribution in [0.4, 0.5) is 0 Å². The summed E-state index contributed by atoms with van der Waals surface area (Å²) in [7, 11) is 1.33. The first-order chi connectivity index (χ1) is 11.9. The lowest BCUT2D eigenvalue weighted by Crippen LogP contribution is -2.45. The minimum absolute atomic E-state index is 0.0746. The summed E-state index contributed by atoms with van der Waals surface area (Å²) in [6.07, 6.45) is 7.64. The van der Waals surface area contributed by atoms with Gasteiger partial charge in [-0.3, -0.25) is 9.59 Å². The first-order valence-electron chi connectivity index (χ1n) is 9.60. The zero-order chi connectivity index (χ0) is 18.4. The molecule has 0 radical (unpaired) electrons. The van der Waals surface area contributed by atoms with Crippen molar-refractivity contribution in [3.63, 3.8) is 0 Å². The monoisotopic (exact) mass is 352 g/mol. The first-order valence-corrected chi connectivity index (χ1v) is 9.60. The molecule has 1 saturated carbocycles. The van der Waals surface area contributed by atoms with Gasteiger partial charge in [-0.1, -0.05) is 39.5 Å². The van der Waals surface area contributed by atoms with E-state index >= 15 is 0 Å². The Labute approximate surface area is 150 Å². The first kappa shape index (κ1) is 19.7. The van der Waals surface area contributed by atoms with E-state index in [0.29, 0.717) is 13.0 Å². The van der Waals surface area contributed by atoms with Crippen LogP contribution < -0.4 is 5.32 Å². The van der Waals surface area contributed by atoms with Crippen LogP contribution in [0.5, 0.6) is 0 Å². The van der Waals surface area contributed by atoms with Gasteiger partial charge in [0.05, 0.1) is 13.0 Å². The molecule has 6 nitrogen and oxygen atoms in total. The number of hydrogen-bond acceptors (Lipinski definition) is 4. The minimum atomic E-state index is -0.639. The number of nitrogens with zero attached hydrogens (tertiary/aromatic N) is 1. The normalized spacial score (nSPS) is 23.4. The van der Waals surface area contributed by atoms with E-state index in [1.807, 2.05) is 18.7 Å². The van der Waals surface area contributed by atoms with Crippen molar-refractivity contribution >= 4 is 17.8 Å². The predicted octanol–water partition coefficient (Wildman–Crippen LogP) is 2.26. The van der Waals surface area contributed by atoms with Crippen molar-refractivity contribution in [3.05, 3.63) is 0 Å². The lowest BCUT2D eigenvalue weighted by atomic mass is 10.0. The maximum atomic E-state index is 12.6. The van der Waals surface area contributed by atoms with E-state index in [1.165, 1.54) is 20.0 Å². The van der Waals surface area contributed by atoms with Crippen LogP contribution in [0.15, 0.2) is 0 Å². The minimum Gasteiger partial charge on any atom is -0.467 e. The molecule has 25 heavy (non-hydrogen) atoms. The summed E-state index contributed by atoms with van der Waals surface area (Å²) in [5.41, 5.74) is 0. The van der Waals surface area contributed by atoms with Crippen LogP contribution in [0, 0.1) is 11.8 Å². The Morgan fingerprint density at radius 3 is 2.40 bits per heavy atom. The third-order valence-corrected chi connectivity index (χ3v) is 5.30. The molecule has 0 aromatic heterocycles. The standard InChI is InChI=1S/C19H32N2O4/c1-13(2)10-16(19(24)25-3)20-18(23)14-11-17(22)21(12-14)15-8-6-4-5-7-9-15/h13-16H,4-12H2,1-3H3,(H,20,23). The second-order valence-electron chi connectivity index (χ2n) is 7.81. The van der Waals surface area contributed by atoms with Gasteiger partial charge in [0.25, 0.3) is 0 Å². The lowest BCUT2D eigenvalue weighted by Gasteiger charge is -2.27. The summed E-state index contributed by atoms with van der Waals surface area (Å²) in [6.45, 7) is 4.47. The average Bonchev–Trinajstić information content (AvgIpc) is 2.79. The molecule has 2 aliphatic rings. The van der Waals surface area contributed by atoms with Crippen molar-refractivity contribution < 1.29 is 19.1 Å². The van der Waals surface area contributed by atoms with Crippen LogP contribution in [-0.2, 0) is 19.1 Å².